The van der Waals surface area contributed by atoms with Gasteiger partial charge in [0.1, 0.15) is 5.60 Å². The Morgan fingerprint density at radius 2 is 1.79 bits per heavy atom. The molecule has 1 aliphatic heterocycles. The van der Waals surface area contributed by atoms with Gasteiger partial charge in [0.15, 0.2) is 5.82 Å². The summed E-state index contributed by atoms with van der Waals surface area (Å²) in [4.78, 5) is 20.1. The van der Waals surface area contributed by atoms with E-state index < -0.39 is 5.60 Å². The number of carbonyl (C=O) groups is 1. The number of nitrogen functional groups attached to an aromatic ring is 1. The Labute approximate surface area is 110 Å². The molecule has 2 aromatic rings. The van der Waals surface area contributed by atoms with Crippen molar-refractivity contribution < 1.29 is 9.53 Å². The van der Waals surface area contributed by atoms with E-state index in [1.54, 1.807) is 30.6 Å². The van der Waals surface area contributed by atoms with E-state index >= 15 is 0 Å². The third-order valence-corrected chi connectivity index (χ3v) is 3.22. The molecule has 0 aliphatic carbocycles. The molecule has 19 heavy (non-hydrogen) atoms. The van der Waals surface area contributed by atoms with Crippen molar-refractivity contribution in [3.05, 3.63) is 41.7 Å². The van der Waals surface area contributed by atoms with Crippen LogP contribution in [0.5, 0.6) is 0 Å². The van der Waals surface area contributed by atoms with Gasteiger partial charge >= 0.3 is 5.97 Å². The molecule has 0 bridgehead atoms. The fraction of sp³-hybridized carbons (Fsp3) is 0.214. The largest absolute Gasteiger partial charge is 0.451 e. The molecular formula is C14H13N3O2. The van der Waals surface area contributed by atoms with Gasteiger partial charge in [0.2, 0.25) is 0 Å². The summed E-state index contributed by atoms with van der Waals surface area (Å²) in [5, 5.41) is 0. The molecule has 1 aromatic carbocycles. The first-order valence-corrected chi connectivity index (χ1v) is 5.94. The fourth-order valence-electron chi connectivity index (χ4n) is 2.41. The molecule has 3 rings (SSSR count). The van der Waals surface area contributed by atoms with Crippen molar-refractivity contribution in [2.75, 3.05) is 5.73 Å². The molecule has 0 saturated heterocycles. The van der Waals surface area contributed by atoms with Crippen molar-refractivity contribution in [2.45, 2.75) is 19.4 Å². The zero-order chi connectivity index (χ0) is 13.6. The first-order chi connectivity index (χ1) is 9.00. The monoisotopic (exact) mass is 255 g/mol. The maximum absolute atomic E-state index is 11.8. The van der Waals surface area contributed by atoms with Gasteiger partial charge in [0, 0.05) is 23.5 Å². The Morgan fingerprint density at radius 1 is 1.16 bits per heavy atom. The normalized spacial score (nSPS) is 16.0. The standard InChI is InChI=1S/C14H13N3O2/c1-14(2)10-8(13(18)19-14)4-5-9(11(10)15)12-16-6-3-7-17-12/h3-7H,15H2,1-2H3. The van der Waals surface area contributed by atoms with E-state index in [1.807, 2.05) is 13.8 Å². The lowest BCUT2D eigenvalue weighted by atomic mass is 9.91. The number of anilines is 1. The van der Waals surface area contributed by atoms with E-state index in [2.05, 4.69) is 9.97 Å². The van der Waals surface area contributed by atoms with Gasteiger partial charge in [-0.2, -0.15) is 0 Å². The summed E-state index contributed by atoms with van der Waals surface area (Å²) in [6.45, 7) is 3.64. The first-order valence-electron chi connectivity index (χ1n) is 5.94. The Bertz CT molecular complexity index is 666. The quantitative estimate of drug-likeness (QED) is 0.624. The maximum atomic E-state index is 11.8. The number of nitrogens with zero attached hydrogens (tertiary/aromatic N) is 2. The molecule has 2 heterocycles. The highest BCUT2D eigenvalue weighted by molar-refractivity contribution is 5.98. The number of benzene rings is 1. The van der Waals surface area contributed by atoms with Crippen LogP contribution in [0.3, 0.4) is 0 Å². The molecule has 1 aromatic heterocycles. The average Bonchev–Trinajstić information content (AvgIpc) is 2.61. The third-order valence-electron chi connectivity index (χ3n) is 3.22. The number of aromatic nitrogens is 2. The minimum atomic E-state index is -0.721. The van der Waals surface area contributed by atoms with Gasteiger partial charge in [-0.1, -0.05) is 0 Å². The Kier molecular flexibility index (Phi) is 2.32. The van der Waals surface area contributed by atoms with Crippen LogP contribution in [0.15, 0.2) is 30.6 Å². The molecule has 0 radical (unpaired) electrons. The SMILES string of the molecule is CC1(C)OC(=O)c2ccc(-c3ncccn3)c(N)c21. The van der Waals surface area contributed by atoms with Gasteiger partial charge in [-0.15, -0.1) is 0 Å². The van der Waals surface area contributed by atoms with Crippen LogP contribution in [0.2, 0.25) is 0 Å². The van der Waals surface area contributed by atoms with Crippen LogP contribution in [0.4, 0.5) is 5.69 Å². The van der Waals surface area contributed by atoms with E-state index in [4.69, 9.17) is 10.5 Å². The highest BCUT2D eigenvalue weighted by Crippen LogP contribution is 2.42. The number of fused-ring (bicyclic) bond motifs is 1. The highest BCUT2D eigenvalue weighted by atomic mass is 16.6. The van der Waals surface area contributed by atoms with Crippen LogP contribution in [-0.4, -0.2) is 15.9 Å². The maximum Gasteiger partial charge on any atom is 0.339 e. The van der Waals surface area contributed by atoms with Crippen LogP contribution in [0, 0.1) is 0 Å². The number of esters is 1. The molecule has 0 atom stereocenters. The third kappa shape index (κ3) is 1.66. The van der Waals surface area contributed by atoms with Crippen molar-refractivity contribution in [1.82, 2.24) is 9.97 Å². The van der Waals surface area contributed by atoms with Crippen molar-refractivity contribution in [1.29, 1.82) is 0 Å². The summed E-state index contributed by atoms with van der Waals surface area (Å²) >= 11 is 0. The smallest absolute Gasteiger partial charge is 0.339 e. The zero-order valence-electron chi connectivity index (χ0n) is 10.7. The summed E-state index contributed by atoms with van der Waals surface area (Å²) in [5.41, 5.74) is 7.91. The molecular weight excluding hydrogens is 242 g/mol. The van der Waals surface area contributed by atoms with E-state index in [9.17, 15) is 4.79 Å². The topological polar surface area (TPSA) is 78.1 Å². The molecule has 0 saturated carbocycles. The van der Waals surface area contributed by atoms with Crippen LogP contribution in [-0.2, 0) is 10.3 Å². The molecule has 2 N–H and O–H groups in total. The molecule has 0 spiro atoms. The average molecular weight is 255 g/mol. The molecule has 1 aliphatic rings. The molecule has 5 nitrogen and oxygen atoms in total. The number of carbonyl (C=O) groups excluding carboxylic acids is 1. The predicted octanol–water partition coefficient (Wildman–Crippen LogP) is 2.13. The van der Waals surface area contributed by atoms with Gasteiger partial charge in [-0.25, -0.2) is 14.8 Å². The number of nitrogens with two attached hydrogens (primary N) is 1. The lowest BCUT2D eigenvalue weighted by Gasteiger charge is -2.20. The Balaban J connectivity index is 2.25. The number of hydrogen-bond acceptors (Lipinski definition) is 5. The molecule has 0 amide bonds. The van der Waals surface area contributed by atoms with Gasteiger partial charge in [-0.3, -0.25) is 0 Å². The molecule has 5 heteroatoms. The number of ether oxygens (including phenoxy) is 1. The lowest BCUT2D eigenvalue weighted by molar-refractivity contribution is 0.00977. The Morgan fingerprint density at radius 3 is 2.47 bits per heavy atom. The van der Waals surface area contributed by atoms with Crippen molar-refractivity contribution in [2.24, 2.45) is 0 Å². The second-order valence-electron chi connectivity index (χ2n) is 4.92. The second-order valence-corrected chi connectivity index (χ2v) is 4.92. The van der Waals surface area contributed by atoms with E-state index in [0.29, 0.717) is 28.2 Å². The van der Waals surface area contributed by atoms with Gasteiger partial charge in [-0.05, 0) is 32.0 Å². The van der Waals surface area contributed by atoms with Crippen molar-refractivity contribution >= 4 is 11.7 Å². The zero-order valence-corrected chi connectivity index (χ0v) is 10.7. The first kappa shape index (κ1) is 11.6. The van der Waals surface area contributed by atoms with Crippen molar-refractivity contribution in [3.63, 3.8) is 0 Å². The summed E-state index contributed by atoms with van der Waals surface area (Å²) < 4.78 is 5.33. The van der Waals surface area contributed by atoms with Crippen molar-refractivity contribution in [3.8, 4) is 11.4 Å². The highest BCUT2D eigenvalue weighted by Gasteiger charge is 2.40. The molecule has 0 fully saturated rings. The lowest BCUT2D eigenvalue weighted by Crippen LogP contribution is -2.18. The van der Waals surface area contributed by atoms with E-state index in [-0.39, 0.29) is 5.97 Å². The van der Waals surface area contributed by atoms with Crippen LogP contribution < -0.4 is 5.73 Å². The number of rotatable bonds is 1. The predicted molar refractivity (Wildman–Crippen MR) is 70.3 cm³/mol. The minimum absolute atomic E-state index is 0.341. The van der Waals surface area contributed by atoms with E-state index in [0.717, 1.165) is 0 Å². The van der Waals surface area contributed by atoms with Crippen LogP contribution in [0.25, 0.3) is 11.4 Å². The summed E-state index contributed by atoms with van der Waals surface area (Å²) in [5.74, 6) is 0.199. The minimum Gasteiger partial charge on any atom is -0.451 e. The molecule has 0 unspecified atom stereocenters. The fourth-order valence-corrected chi connectivity index (χ4v) is 2.41. The van der Waals surface area contributed by atoms with Gasteiger partial charge in [0.25, 0.3) is 0 Å². The summed E-state index contributed by atoms with van der Waals surface area (Å²) in [7, 11) is 0. The molecule has 96 valence electrons. The second kappa shape index (κ2) is 3.78. The van der Waals surface area contributed by atoms with Crippen LogP contribution >= 0.6 is 0 Å². The van der Waals surface area contributed by atoms with E-state index in [1.165, 1.54) is 0 Å². The van der Waals surface area contributed by atoms with Crippen LogP contribution in [0.1, 0.15) is 29.8 Å². The summed E-state index contributed by atoms with van der Waals surface area (Å²) in [6.07, 6.45) is 3.31. The number of hydrogen-bond donors (Lipinski definition) is 1. The van der Waals surface area contributed by atoms with Gasteiger partial charge in [0.05, 0.1) is 11.3 Å². The number of cyclic esters (lactones) is 1. The summed E-state index contributed by atoms with van der Waals surface area (Å²) in [6, 6.07) is 5.21. The van der Waals surface area contributed by atoms with Gasteiger partial charge < -0.3 is 10.5 Å². The Hall–Kier alpha value is -2.43.